The summed E-state index contributed by atoms with van der Waals surface area (Å²) in [6.45, 7) is 0. The number of nitrogens with zero attached hydrogens (tertiary/aromatic N) is 2. The summed E-state index contributed by atoms with van der Waals surface area (Å²) in [5.41, 5.74) is 9.46. The average molecular weight is 654 g/mol. The van der Waals surface area contributed by atoms with E-state index in [2.05, 4.69) is 157 Å². The van der Waals surface area contributed by atoms with E-state index in [9.17, 15) is 0 Å². The lowest BCUT2D eigenvalue weighted by molar-refractivity contribution is 0.662. The summed E-state index contributed by atoms with van der Waals surface area (Å²) in [5.74, 6) is 1.48. The van der Waals surface area contributed by atoms with Crippen LogP contribution in [0.15, 0.2) is 190 Å². The Hall–Kier alpha value is -6.78. The lowest BCUT2D eigenvalue weighted by atomic mass is 9.91. The van der Waals surface area contributed by atoms with Crippen LogP contribution in [0.2, 0.25) is 0 Å². The Morgan fingerprint density at radius 2 is 1.12 bits per heavy atom. The predicted octanol–water partition coefficient (Wildman–Crippen LogP) is 11.7. The number of benzene rings is 8. The number of fused-ring (bicyclic) bond motifs is 5. The third-order valence-electron chi connectivity index (χ3n) is 9.94. The van der Waals surface area contributed by atoms with Crippen molar-refractivity contribution in [3.63, 3.8) is 0 Å². The number of nitrogens with one attached hydrogen (secondary N) is 1. The number of rotatable bonds is 5. The van der Waals surface area contributed by atoms with Gasteiger partial charge in [0.25, 0.3) is 0 Å². The Labute approximate surface area is 295 Å². The van der Waals surface area contributed by atoms with Crippen LogP contribution in [0, 0.1) is 0 Å². The minimum absolute atomic E-state index is 0.390. The molecule has 2 heterocycles. The molecule has 1 atom stereocenters. The zero-order valence-electron chi connectivity index (χ0n) is 27.6. The zero-order valence-corrected chi connectivity index (χ0v) is 27.6. The van der Waals surface area contributed by atoms with Gasteiger partial charge in [-0.3, -0.25) is 0 Å². The molecule has 0 saturated heterocycles. The fourth-order valence-electron chi connectivity index (χ4n) is 7.48. The molecule has 1 unspecified atom stereocenters. The summed E-state index contributed by atoms with van der Waals surface area (Å²) in [6, 6.07) is 61.7. The molecular formula is C47H31N3O. The lowest BCUT2D eigenvalue weighted by Crippen LogP contribution is -2.33. The molecule has 0 aliphatic carbocycles. The third kappa shape index (κ3) is 5.08. The van der Waals surface area contributed by atoms with Gasteiger partial charge >= 0.3 is 0 Å². The Morgan fingerprint density at radius 3 is 1.90 bits per heavy atom. The SMILES string of the molecule is c1ccc(C2=NC(c3cccc4oc5ccc(-c6ccc(-c7ccccc7)c7ccccc67)cc5c34)NC(c3ccc4ccccc4c3)=N2)cc1. The molecule has 0 saturated carbocycles. The topological polar surface area (TPSA) is 49.9 Å². The Balaban J connectivity index is 1.13. The van der Waals surface area contributed by atoms with E-state index in [1.165, 1.54) is 38.2 Å². The maximum atomic E-state index is 6.50. The van der Waals surface area contributed by atoms with Gasteiger partial charge in [0.2, 0.25) is 0 Å². The second kappa shape index (κ2) is 12.0. The van der Waals surface area contributed by atoms with Gasteiger partial charge in [0, 0.05) is 27.5 Å². The Bertz CT molecular complexity index is 2830. The smallest absolute Gasteiger partial charge is 0.159 e. The largest absolute Gasteiger partial charge is 0.456 e. The fraction of sp³-hybridized carbons (Fsp3) is 0.0213. The first-order valence-electron chi connectivity index (χ1n) is 17.3. The molecule has 0 bridgehead atoms. The molecule has 1 aliphatic rings. The highest BCUT2D eigenvalue weighted by Gasteiger charge is 2.25. The molecule has 1 aliphatic heterocycles. The van der Waals surface area contributed by atoms with Crippen LogP contribution in [0.3, 0.4) is 0 Å². The van der Waals surface area contributed by atoms with E-state index in [0.717, 1.165) is 50.0 Å². The van der Waals surface area contributed by atoms with Crippen LogP contribution in [0.4, 0.5) is 0 Å². The number of furan rings is 1. The van der Waals surface area contributed by atoms with Crippen molar-refractivity contribution in [3.8, 4) is 22.3 Å². The van der Waals surface area contributed by atoms with E-state index >= 15 is 0 Å². The van der Waals surface area contributed by atoms with Crippen LogP contribution in [-0.2, 0) is 0 Å². The average Bonchev–Trinajstić information content (AvgIpc) is 3.59. The Kier molecular flexibility index (Phi) is 6.85. The van der Waals surface area contributed by atoms with E-state index in [0.29, 0.717) is 5.84 Å². The van der Waals surface area contributed by atoms with Crippen molar-refractivity contribution in [2.24, 2.45) is 9.98 Å². The van der Waals surface area contributed by atoms with Crippen LogP contribution in [0.25, 0.3) is 65.7 Å². The third-order valence-corrected chi connectivity index (χ3v) is 9.94. The van der Waals surface area contributed by atoms with Gasteiger partial charge in [-0.05, 0) is 68.1 Å². The molecule has 1 N–H and O–H groups in total. The van der Waals surface area contributed by atoms with Crippen LogP contribution in [0.1, 0.15) is 22.9 Å². The highest BCUT2D eigenvalue weighted by molar-refractivity contribution is 6.15. The second-order valence-corrected chi connectivity index (χ2v) is 13.0. The molecule has 9 aromatic rings. The molecule has 0 spiro atoms. The van der Waals surface area contributed by atoms with Crippen molar-refractivity contribution in [2.75, 3.05) is 0 Å². The van der Waals surface area contributed by atoms with Gasteiger partial charge in [0.15, 0.2) is 5.84 Å². The highest BCUT2D eigenvalue weighted by Crippen LogP contribution is 2.40. The summed E-state index contributed by atoms with van der Waals surface area (Å²) in [5, 5.41) is 10.6. The fourth-order valence-corrected chi connectivity index (χ4v) is 7.48. The summed E-state index contributed by atoms with van der Waals surface area (Å²) >= 11 is 0. The van der Waals surface area contributed by atoms with E-state index in [1.54, 1.807) is 0 Å². The number of hydrogen-bond donors (Lipinski definition) is 1. The highest BCUT2D eigenvalue weighted by atomic mass is 16.3. The number of amidine groups is 2. The lowest BCUT2D eigenvalue weighted by Gasteiger charge is -2.24. The van der Waals surface area contributed by atoms with E-state index in [1.807, 2.05) is 24.3 Å². The van der Waals surface area contributed by atoms with Crippen LogP contribution < -0.4 is 5.32 Å². The molecule has 10 rings (SSSR count). The second-order valence-electron chi connectivity index (χ2n) is 13.0. The van der Waals surface area contributed by atoms with Crippen LogP contribution >= 0.6 is 0 Å². The van der Waals surface area contributed by atoms with Gasteiger partial charge in [-0.25, -0.2) is 9.98 Å². The molecule has 0 radical (unpaired) electrons. The normalized spacial score (nSPS) is 14.5. The van der Waals surface area contributed by atoms with Gasteiger partial charge < -0.3 is 9.73 Å². The first kappa shape index (κ1) is 29.2. The summed E-state index contributed by atoms with van der Waals surface area (Å²) in [6.07, 6.45) is -0.390. The van der Waals surface area contributed by atoms with E-state index in [-0.39, 0.29) is 0 Å². The molecule has 240 valence electrons. The minimum atomic E-state index is -0.390. The van der Waals surface area contributed by atoms with Crippen molar-refractivity contribution in [1.29, 1.82) is 0 Å². The maximum Gasteiger partial charge on any atom is 0.159 e. The molecule has 1 aromatic heterocycles. The number of hydrogen-bond acceptors (Lipinski definition) is 4. The van der Waals surface area contributed by atoms with Crippen molar-refractivity contribution in [2.45, 2.75) is 6.17 Å². The van der Waals surface area contributed by atoms with Gasteiger partial charge in [-0.15, -0.1) is 0 Å². The van der Waals surface area contributed by atoms with Crippen molar-refractivity contribution in [1.82, 2.24) is 5.32 Å². The molecule has 0 amide bonds. The maximum absolute atomic E-state index is 6.50. The first-order valence-corrected chi connectivity index (χ1v) is 17.3. The van der Waals surface area contributed by atoms with Gasteiger partial charge in [-0.2, -0.15) is 0 Å². The standard InChI is InChI=1S/C47H31N3O/c1-3-13-31(14-4-1)36-25-26-37(39-19-10-9-18-38(36)39)34-24-27-42-41(29-34)44-40(20-11-21-43(44)51-42)47-49-45(32-15-5-2-6-16-32)48-46(50-47)35-23-22-30-12-7-8-17-33(30)28-35/h1-29,47H,(H,48,49,50). The van der Waals surface area contributed by atoms with Crippen molar-refractivity contribution in [3.05, 3.63) is 193 Å². The first-order chi connectivity index (χ1) is 25.3. The molecule has 4 heteroatoms. The van der Waals surface area contributed by atoms with E-state index < -0.39 is 6.17 Å². The van der Waals surface area contributed by atoms with Crippen LogP contribution in [0.5, 0.6) is 0 Å². The van der Waals surface area contributed by atoms with Gasteiger partial charge in [0.05, 0.1) is 0 Å². The molecule has 51 heavy (non-hydrogen) atoms. The summed E-state index contributed by atoms with van der Waals surface area (Å²) in [4.78, 5) is 10.3. The molecule has 8 aromatic carbocycles. The number of aliphatic imine (C=N–C) groups is 2. The molecule has 4 nitrogen and oxygen atoms in total. The molecular weight excluding hydrogens is 623 g/mol. The van der Waals surface area contributed by atoms with Crippen LogP contribution in [-0.4, -0.2) is 11.7 Å². The monoisotopic (exact) mass is 653 g/mol. The van der Waals surface area contributed by atoms with Gasteiger partial charge in [0.1, 0.15) is 23.2 Å². The van der Waals surface area contributed by atoms with Crippen molar-refractivity contribution < 1.29 is 4.42 Å². The zero-order chi connectivity index (χ0) is 33.7. The van der Waals surface area contributed by atoms with E-state index in [4.69, 9.17) is 14.4 Å². The van der Waals surface area contributed by atoms with Gasteiger partial charge in [-0.1, -0.05) is 152 Å². The molecule has 0 fully saturated rings. The minimum Gasteiger partial charge on any atom is -0.456 e. The Morgan fingerprint density at radius 1 is 0.451 bits per heavy atom. The summed E-state index contributed by atoms with van der Waals surface area (Å²) < 4.78 is 6.50. The quantitative estimate of drug-likeness (QED) is 0.201. The predicted molar refractivity (Wildman–Crippen MR) is 211 cm³/mol. The van der Waals surface area contributed by atoms with Crippen molar-refractivity contribution >= 4 is 55.2 Å². The summed E-state index contributed by atoms with van der Waals surface area (Å²) in [7, 11) is 0.